The number of amides is 2. The van der Waals surface area contributed by atoms with Gasteiger partial charge >= 0.3 is 0 Å². The first-order chi connectivity index (χ1) is 17.0. The van der Waals surface area contributed by atoms with Gasteiger partial charge in [0, 0.05) is 23.4 Å². The van der Waals surface area contributed by atoms with Crippen LogP contribution in [0.4, 0.5) is 11.5 Å². The highest BCUT2D eigenvalue weighted by atomic mass is 32.1. The predicted octanol–water partition coefficient (Wildman–Crippen LogP) is 4.96. The number of benzene rings is 2. The van der Waals surface area contributed by atoms with Gasteiger partial charge in [-0.2, -0.15) is 0 Å². The second-order valence-electron chi connectivity index (χ2n) is 8.87. The Kier molecular flexibility index (Phi) is 6.83. The average molecular weight is 486 g/mol. The van der Waals surface area contributed by atoms with E-state index in [1.54, 1.807) is 23.6 Å². The van der Waals surface area contributed by atoms with E-state index in [1.165, 1.54) is 10.3 Å². The highest BCUT2D eigenvalue weighted by molar-refractivity contribution is 7.21. The van der Waals surface area contributed by atoms with Crippen LogP contribution >= 0.6 is 11.3 Å². The Bertz CT molecular complexity index is 1330. The normalized spacial score (nSPS) is 14.7. The van der Waals surface area contributed by atoms with Gasteiger partial charge in [-0.1, -0.05) is 12.1 Å². The number of rotatable bonds is 6. The predicted molar refractivity (Wildman–Crippen MR) is 140 cm³/mol. The van der Waals surface area contributed by atoms with Gasteiger partial charge in [0.05, 0.1) is 16.8 Å². The number of nitrogens with zero attached hydrogens (tertiary/aromatic N) is 3. The number of pyridine rings is 1. The zero-order chi connectivity index (χ0) is 24.2. The molecule has 178 valence electrons. The molecular weight excluding hydrogens is 458 g/mol. The van der Waals surface area contributed by atoms with Crippen molar-refractivity contribution in [2.45, 2.75) is 19.8 Å². The van der Waals surface area contributed by atoms with Crippen LogP contribution in [0.3, 0.4) is 0 Å². The molecule has 0 saturated carbocycles. The summed E-state index contributed by atoms with van der Waals surface area (Å²) >= 11 is 1.67. The number of aryl methyl sites for hydroxylation is 1. The van der Waals surface area contributed by atoms with Crippen LogP contribution in [0.25, 0.3) is 20.8 Å². The van der Waals surface area contributed by atoms with Crippen LogP contribution in [-0.4, -0.2) is 46.3 Å². The number of carbonyl (C=O) groups is 2. The highest BCUT2D eigenvalue weighted by Crippen LogP contribution is 2.31. The minimum Gasteiger partial charge on any atom is -0.325 e. The average Bonchev–Trinajstić information content (AvgIpc) is 3.29. The Balaban J connectivity index is 1.11. The molecule has 1 aliphatic heterocycles. The molecule has 2 aromatic carbocycles. The Morgan fingerprint density at radius 2 is 1.83 bits per heavy atom. The summed E-state index contributed by atoms with van der Waals surface area (Å²) in [7, 11) is 0. The second-order valence-corrected chi connectivity index (χ2v) is 9.90. The van der Waals surface area contributed by atoms with Crippen LogP contribution in [0.2, 0.25) is 0 Å². The number of hydrogen-bond acceptors (Lipinski definition) is 6. The van der Waals surface area contributed by atoms with E-state index in [9.17, 15) is 9.59 Å². The van der Waals surface area contributed by atoms with Crippen molar-refractivity contribution in [3.8, 4) is 10.6 Å². The standard InChI is InChI=1S/C27H27N5O2S/c1-18-5-10-22-23(16-18)35-27(30-22)20-6-8-21(9-7-20)29-25(33)17-32-14-11-19(12-15-32)26(34)31-24-4-2-3-13-28-24/h2-10,13,16,19H,11-12,14-15,17H2,1H3,(H,29,33)(H,28,31,34). The zero-order valence-electron chi connectivity index (χ0n) is 19.5. The first kappa shape index (κ1) is 23.1. The molecule has 4 aromatic rings. The van der Waals surface area contributed by atoms with E-state index in [1.807, 2.05) is 36.4 Å². The van der Waals surface area contributed by atoms with E-state index in [2.05, 4.69) is 45.6 Å². The molecule has 0 spiro atoms. The lowest BCUT2D eigenvalue weighted by molar-refractivity contribution is -0.121. The van der Waals surface area contributed by atoms with Crippen LogP contribution in [0, 0.1) is 12.8 Å². The van der Waals surface area contributed by atoms with Gasteiger partial charge < -0.3 is 10.6 Å². The molecule has 2 aromatic heterocycles. The Labute approximate surface area is 208 Å². The smallest absolute Gasteiger partial charge is 0.238 e. The van der Waals surface area contributed by atoms with E-state index in [0.29, 0.717) is 25.5 Å². The molecule has 0 bridgehead atoms. The molecule has 2 N–H and O–H groups in total. The number of nitrogens with one attached hydrogen (secondary N) is 2. The molecule has 0 aliphatic carbocycles. The summed E-state index contributed by atoms with van der Waals surface area (Å²) in [6.07, 6.45) is 3.11. The summed E-state index contributed by atoms with van der Waals surface area (Å²) < 4.78 is 1.18. The number of thiazole rings is 1. The Hall–Kier alpha value is -3.62. The van der Waals surface area contributed by atoms with E-state index < -0.39 is 0 Å². The molecule has 0 atom stereocenters. The van der Waals surface area contributed by atoms with Gasteiger partial charge in [-0.25, -0.2) is 9.97 Å². The number of carbonyl (C=O) groups excluding carboxylic acids is 2. The third-order valence-electron chi connectivity index (χ3n) is 6.20. The van der Waals surface area contributed by atoms with Crippen molar-refractivity contribution in [3.63, 3.8) is 0 Å². The second kappa shape index (κ2) is 10.3. The van der Waals surface area contributed by atoms with Crippen molar-refractivity contribution >= 4 is 44.9 Å². The SMILES string of the molecule is Cc1ccc2nc(-c3ccc(NC(=O)CN4CCC(C(=O)Nc5ccccn5)CC4)cc3)sc2c1. The van der Waals surface area contributed by atoms with Crippen molar-refractivity contribution in [2.24, 2.45) is 5.92 Å². The van der Waals surface area contributed by atoms with Gasteiger partial charge in [0.15, 0.2) is 0 Å². The fraction of sp³-hybridized carbons (Fsp3) is 0.259. The first-order valence-electron chi connectivity index (χ1n) is 11.8. The summed E-state index contributed by atoms with van der Waals surface area (Å²) in [6, 6.07) is 19.5. The van der Waals surface area contributed by atoms with Crippen LogP contribution in [-0.2, 0) is 9.59 Å². The van der Waals surface area contributed by atoms with E-state index in [4.69, 9.17) is 4.98 Å². The van der Waals surface area contributed by atoms with Crippen molar-refractivity contribution in [1.29, 1.82) is 0 Å². The number of anilines is 2. The van der Waals surface area contributed by atoms with Gasteiger partial charge in [-0.3, -0.25) is 14.5 Å². The summed E-state index contributed by atoms with van der Waals surface area (Å²) in [6.45, 7) is 3.82. The van der Waals surface area contributed by atoms with Gasteiger partial charge in [0.1, 0.15) is 10.8 Å². The van der Waals surface area contributed by atoms with E-state index in [-0.39, 0.29) is 17.7 Å². The minimum absolute atomic E-state index is 0.00356. The summed E-state index contributed by atoms with van der Waals surface area (Å²) in [5.41, 5.74) is 4.03. The third-order valence-corrected chi connectivity index (χ3v) is 7.27. The van der Waals surface area contributed by atoms with Crippen molar-refractivity contribution in [3.05, 3.63) is 72.4 Å². The highest BCUT2D eigenvalue weighted by Gasteiger charge is 2.26. The molecular formula is C27H27N5O2S. The molecule has 8 heteroatoms. The van der Waals surface area contributed by atoms with Crippen molar-refractivity contribution < 1.29 is 9.59 Å². The Morgan fingerprint density at radius 1 is 1.03 bits per heavy atom. The number of piperidine rings is 1. The lowest BCUT2D eigenvalue weighted by Gasteiger charge is -2.30. The maximum absolute atomic E-state index is 12.6. The quantitative estimate of drug-likeness (QED) is 0.403. The lowest BCUT2D eigenvalue weighted by atomic mass is 9.96. The molecule has 0 radical (unpaired) electrons. The number of fused-ring (bicyclic) bond motifs is 1. The maximum Gasteiger partial charge on any atom is 0.238 e. The lowest BCUT2D eigenvalue weighted by Crippen LogP contribution is -2.41. The molecule has 35 heavy (non-hydrogen) atoms. The summed E-state index contributed by atoms with van der Waals surface area (Å²) in [5, 5.41) is 6.83. The monoisotopic (exact) mass is 485 g/mol. The topological polar surface area (TPSA) is 87.2 Å². The minimum atomic E-state index is -0.0599. The fourth-order valence-electron chi connectivity index (χ4n) is 4.27. The molecule has 2 amide bonds. The molecule has 1 saturated heterocycles. The molecule has 0 unspecified atom stereocenters. The molecule has 1 fully saturated rings. The number of hydrogen-bond donors (Lipinski definition) is 2. The first-order valence-corrected chi connectivity index (χ1v) is 12.6. The number of aromatic nitrogens is 2. The third kappa shape index (κ3) is 5.72. The van der Waals surface area contributed by atoms with Crippen LogP contribution < -0.4 is 10.6 Å². The van der Waals surface area contributed by atoms with Gasteiger partial charge in [0.25, 0.3) is 0 Å². The van der Waals surface area contributed by atoms with Gasteiger partial charge in [0.2, 0.25) is 11.8 Å². The van der Waals surface area contributed by atoms with E-state index in [0.717, 1.165) is 34.6 Å². The molecule has 3 heterocycles. The van der Waals surface area contributed by atoms with Crippen LogP contribution in [0.15, 0.2) is 66.9 Å². The Morgan fingerprint density at radius 3 is 2.57 bits per heavy atom. The molecule has 7 nitrogen and oxygen atoms in total. The van der Waals surface area contributed by atoms with Crippen LogP contribution in [0.1, 0.15) is 18.4 Å². The van der Waals surface area contributed by atoms with E-state index >= 15 is 0 Å². The van der Waals surface area contributed by atoms with Crippen molar-refractivity contribution in [1.82, 2.24) is 14.9 Å². The zero-order valence-corrected chi connectivity index (χ0v) is 20.3. The van der Waals surface area contributed by atoms with Crippen LogP contribution in [0.5, 0.6) is 0 Å². The molecule has 1 aliphatic rings. The largest absolute Gasteiger partial charge is 0.325 e. The summed E-state index contributed by atoms with van der Waals surface area (Å²) in [5.74, 6) is 0.458. The number of likely N-dealkylation sites (tertiary alicyclic amines) is 1. The maximum atomic E-state index is 12.6. The summed E-state index contributed by atoms with van der Waals surface area (Å²) in [4.78, 5) is 36.0. The van der Waals surface area contributed by atoms with Gasteiger partial charge in [-0.05, 0) is 86.9 Å². The van der Waals surface area contributed by atoms with Crippen molar-refractivity contribution in [2.75, 3.05) is 30.3 Å². The van der Waals surface area contributed by atoms with Gasteiger partial charge in [-0.15, -0.1) is 11.3 Å². The molecule has 5 rings (SSSR count). The fourth-order valence-corrected chi connectivity index (χ4v) is 5.34.